The molecular weight excluding hydrogens is 365 g/mol. The summed E-state index contributed by atoms with van der Waals surface area (Å²) in [7, 11) is 0. The van der Waals surface area contributed by atoms with Crippen molar-refractivity contribution < 1.29 is 18.7 Å². The van der Waals surface area contributed by atoms with E-state index in [1.54, 1.807) is 30.3 Å². The molecule has 1 N–H and O–H groups in total. The van der Waals surface area contributed by atoms with Crippen LogP contribution in [0.2, 0.25) is 10.0 Å². The molecule has 0 aliphatic rings. The number of nitrogens with one attached hydrogen (secondary N) is 1. The van der Waals surface area contributed by atoms with Crippen LogP contribution in [-0.4, -0.2) is 18.0 Å². The lowest BCUT2D eigenvalue weighted by Gasteiger charge is -2.13. The number of para-hydroxylation sites is 1. The van der Waals surface area contributed by atoms with E-state index in [0.29, 0.717) is 16.3 Å². The fourth-order valence-electron chi connectivity index (χ4n) is 2.18. The number of ether oxygens (including phenoxy) is 1. The van der Waals surface area contributed by atoms with Gasteiger partial charge in [-0.2, -0.15) is 0 Å². The molecule has 3 rings (SSSR count). The first kappa shape index (κ1) is 17.3. The van der Waals surface area contributed by atoms with Gasteiger partial charge in [-0.25, -0.2) is 4.79 Å². The predicted molar refractivity (Wildman–Crippen MR) is 96.2 cm³/mol. The molecule has 7 heteroatoms. The highest BCUT2D eigenvalue weighted by Crippen LogP contribution is 2.25. The summed E-state index contributed by atoms with van der Waals surface area (Å²) in [6.45, 7) is 1.46. The van der Waals surface area contributed by atoms with Crippen LogP contribution in [0.5, 0.6) is 0 Å². The molecule has 2 aromatic carbocycles. The largest absolute Gasteiger partial charge is 0.449 e. The van der Waals surface area contributed by atoms with E-state index >= 15 is 0 Å². The Morgan fingerprint density at radius 1 is 1.12 bits per heavy atom. The van der Waals surface area contributed by atoms with E-state index in [1.807, 2.05) is 12.1 Å². The fourth-order valence-corrected chi connectivity index (χ4v) is 2.64. The lowest BCUT2D eigenvalue weighted by atomic mass is 10.2. The van der Waals surface area contributed by atoms with E-state index < -0.39 is 18.0 Å². The number of anilines is 1. The summed E-state index contributed by atoms with van der Waals surface area (Å²) in [6, 6.07) is 13.4. The Balaban J connectivity index is 1.67. The lowest BCUT2D eigenvalue weighted by molar-refractivity contribution is -0.123. The van der Waals surface area contributed by atoms with Gasteiger partial charge in [0.25, 0.3) is 5.91 Å². The van der Waals surface area contributed by atoms with Crippen LogP contribution in [0.4, 0.5) is 5.69 Å². The van der Waals surface area contributed by atoms with Crippen molar-refractivity contribution in [1.82, 2.24) is 0 Å². The first-order valence-corrected chi connectivity index (χ1v) is 8.15. The monoisotopic (exact) mass is 377 g/mol. The normalized spacial score (nSPS) is 12.0. The first-order chi connectivity index (χ1) is 11.9. The molecule has 0 saturated heterocycles. The van der Waals surface area contributed by atoms with Gasteiger partial charge < -0.3 is 14.5 Å². The predicted octanol–water partition coefficient (Wildman–Crippen LogP) is 4.92. The molecule has 0 fully saturated rings. The van der Waals surface area contributed by atoms with E-state index in [-0.39, 0.29) is 10.8 Å². The van der Waals surface area contributed by atoms with E-state index in [4.69, 9.17) is 32.4 Å². The molecule has 1 unspecified atom stereocenters. The van der Waals surface area contributed by atoms with Gasteiger partial charge in [0, 0.05) is 10.4 Å². The zero-order chi connectivity index (χ0) is 18.0. The third-order valence-corrected chi connectivity index (χ3v) is 4.02. The van der Waals surface area contributed by atoms with Crippen molar-refractivity contribution in [1.29, 1.82) is 0 Å². The second-order valence-electron chi connectivity index (χ2n) is 5.31. The minimum atomic E-state index is -1.03. The van der Waals surface area contributed by atoms with Gasteiger partial charge in [0.1, 0.15) is 5.58 Å². The molecule has 3 aromatic rings. The molecule has 0 saturated carbocycles. The molecular formula is C18H13Cl2NO4. The van der Waals surface area contributed by atoms with Gasteiger partial charge in [0.05, 0.1) is 10.7 Å². The SMILES string of the molecule is CC(OC(=O)c1cc2ccccc2o1)C(=O)Nc1ccc(Cl)cc1Cl. The first-order valence-electron chi connectivity index (χ1n) is 7.39. The number of rotatable bonds is 4. The average Bonchev–Trinajstić information content (AvgIpc) is 3.01. The van der Waals surface area contributed by atoms with E-state index in [0.717, 1.165) is 5.39 Å². The quantitative estimate of drug-likeness (QED) is 0.654. The average molecular weight is 378 g/mol. The Labute approximate surface area is 153 Å². The molecule has 0 aliphatic carbocycles. The van der Waals surface area contributed by atoms with E-state index in [1.165, 1.54) is 13.0 Å². The maximum atomic E-state index is 12.2. The van der Waals surface area contributed by atoms with Gasteiger partial charge in [-0.15, -0.1) is 0 Å². The molecule has 1 atom stereocenters. The van der Waals surface area contributed by atoms with Crippen LogP contribution >= 0.6 is 23.2 Å². The number of carbonyl (C=O) groups excluding carboxylic acids is 2. The molecule has 1 amide bonds. The van der Waals surface area contributed by atoms with Crippen molar-refractivity contribution in [2.24, 2.45) is 0 Å². The van der Waals surface area contributed by atoms with Crippen LogP contribution in [0.25, 0.3) is 11.0 Å². The third kappa shape index (κ3) is 3.95. The van der Waals surface area contributed by atoms with Crippen molar-refractivity contribution in [3.8, 4) is 0 Å². The summed E-state index contributed by atoms with van der Waals surface area (Å²) >= 11 is 11.8. The number of carbonyl (C=O) groups is 2. The molecule has 0 spiro atoms. The van der Waals surface area contributed by atoms with Crippen molar-refractivity contribution >= 4 is 51.7 Å². The molecule has 5 nitrogen and oxygen atoms in total. The van der Waals surface area contributed by atoms with Crippen LogP contribution in [0, 0.1) is 0 Å². The van der Waals surface area contributed by atoms with Crippen LogP contribution in [0.1, 0.15) is 17.5 Å². The smallest absolute Gasteiger partial charge is 0.375 e. The van der Waals surface area contributed by atoms with E-state index in [2.05, 4.69) is 5.32 Å². The summed E-state index contributed by atoms with van der Waals surface area (Å²) < 4.78 is 10.6. The standard InChI is InChI=1S/C18H13Cl2NO4/c1-10(17(22)21-14-7-6-12(19)9-13(14)20)24-18(23)16-8-11-4-2-3-5-15(11)25-16/h2-10H,1H3,(H,21,22). The minimum Gasteiger partial charge on any atom is -0.449 e. The van der Waals surface area contributed by atoms with Crippen LogP contribution < -0.4 is 5.32 Å². The van der Waals surface area contributed by atoms with Crippen molar-refractivity contribution in [3.05, 3.63) is 64.3 Å². The van der Waals surface area contributed by atoms with Crippen LogP contribution in [-0.2, 0) is 9.53 Å². The molecule has 1 heterocycles. The van der Waals surface area contributed by atoms with Gasteiger partial charge in [-0.05, 0) is 37.3 Å². The fraction of sp³-hybridized carbons (Fsp3) is 0.111. The highest BCUT2D eigenvalue weighted by Gasteiger charge is 2.22. The number of halogens is 2. The van der Waals surface area contributed by atoms with Gasteiger partial charge >= 0.3 is 5.97 Å². The van der Waals surface area contributed by atoms with Gasteiger partial charge in [-0.1, -0.05) is 41.4 Å². The van der Waals surface area contributed by atoms with Gasteiger partial charge in [0.2, 0.25) is 5.76 Å². The number of hydrogen-bond donors (Lipinski definition) is 1. The molecule has 25 heavy (non-hydrogen) atoms. The number of amides is 1. The molecule has 1 aromatic heterocycles. The Morgan fingerprint density at radius 3 is 2.60 bits per heavy atom. The summed E-state index contributed by atoms with van der Waals surface area (Å²) in [5.74, 6) is -1.21. The molecule has 128 valence electrons. The number of benzene rings is 2. The highest BCUT2D eigenvalue weighted by atomic mass is 35.5. The number of furan rings is 1. The van der Waals surface area contributed by atoms with Crippen molar-refractivity contribution in [2.45, 2.75) is 13.0 Å². The van der Waals surface area contributed by atoms with Gasteiger partial charge in [0.15, 0.2) is 6.10 Å². The molecule has 0 bridgehead atoms. The van der Waals surface area contributed by atoms with Gasteiger partial charge in [-0.3, -0.25) is 4.79 Å². The minimum absolute atomic E-state index is 0.0328. The number of fused-ring (bicyclic) bond motifs is 1. The second kappa shape index (κ2) is 7.17. The van der Waals surface area contributed by atoms with Crippen LogP contribution in [0.15, 0.2) is 52.9 Å². The molecule has 0 aliphatic heterocycles. The number of hydrogen-bond acceptors (Lipinski definition) is 4. The maximum Gasteiger partial charge on any atom is 0.375 e. The van der Waals surface area contributed by atoms with Crippen molar-refractivity contribution in [2.75, 3.05) is 5.32 Å². The Bertz CT molecular complexity index is 918. The Morgan fingerprint density at radius 2 is 1.88 bits per heavy atom. The van der Waals surface area contributed by atoms with Crippen molar-refractivity contribution in [3.63, 3.8) is 0 Å². The number of esters is 1. The topological polar surface area (TPSA) is 68.5 Å². The zero-order valence-corrected chi connectivity index (χ0v) is 14.6. The zero-order valence-electron chi connectivity index (χ0n) is 13.1. The van der Waals surface area contributed by atoms with Crippen LogP contribution in [0.3, 0.4) is 0 Å². The lowest BCUT2D eigenvalue weighted by Crippen LogP contribution is -2.30. The highest BCUT2D eigenvalue weighted by molar-refractivity contribution is 6.36. The summed E-state index contributed by atoms with van der Waals surface area (Å²) in [4.78, 5) is 24.3. The molecule has 0 radical (unpaired) electrons. The maximum absolute atomic E-state index is 12.2. The van der Waals surface area contributed by atoms with E-state index in [9.17, 15) is 9.59 Å². The Hall–Kier alpha value is -2.50. The Kier molecular flexibility index (Phi) is 4.97. The third-order valence-electron chi connectivity index (χ3n) is 3.47. The summed E-state index contributed by atoms with van der Waals surface area (Å²) in [5.41, 5.74) is 0.946. The summed E-state index contributed by atoms with van der Waals surface area (Å²) in [6.07, 6.45) is -1.03. The summed E-state index contributed by atoms with van der Waals surface area (Å²) in [5, 5.41) is 4.10. The second-order valence-corrected chi connectivity index (χ2v) is 6.15.